The van der Waals surface area contributed by atoms with Gasteiger partial charge in [-0.25, -0.2) is 0 Å². The Labute approximate surface area is 299 Å². The second-order valence-electron chi connectivity index (χ2n) is 14.0. The first kappa shape index (κ1) is 27.8. The number of hydrogen-bond acceptors (Lipinski definition) is 1. The first-order chi connectivity index (χ1) is 25.8. The fraction of sp³-hybridized carbons (Fsp3) is 0. The van der Waals surface area contributed by atoms with Gasteiger partial charge >= 0.3 is 0 Å². The van der Waals surface area contributed by atoms with Gasteiger partial charge in [-0.05, 0) is 105 Å². The van der Waals surface area contributed by atoms with E-state index in [0.717, 1.165) is 5.69 Å². The predicted molar refractivity (Wildman–Crippen MR) is 218 cm³/mol. The van der Waals surface area contributed by atoms with Gasteiger partial charge in [0, 0.05) is 61.6 Å². The third kappa shape index (κ3) is 3.77. The van der Waals surface area contributed by atoms with Gasteiger partial charge in [0.2, 0.25) is 0 Å². The van der Waals surface area contributed by atoms with Crippen LogP contribution in [0.5, 0.6) is 0 Å². The monoisotopic (exact) mass is 659 g/mol. The van der Waals surface area contributed by atoms with E-state index in [9.17, 15) is 0 Å². The Balaban J connectivity index is 1.05. The van der Waals surface area contributed by atoms with Crippen molar-refractivity contribution < 1.29 is 0 Å². The van der Waals surface area contributed by atoms with Gasteiger partial charge in [0.1, 0.15) is 0 Å². The number of fused-ring (bicyclic) bond motifs is 10. The lowest BCUT2D eigenvalue weighted by molar-refractivity contribution is 1.18. The summed E-state index contributed by atoms with van der Waals surface area (Å²) in [5.74, 6) is 0. The van der Waals surface area contributed by atoms with E-state index in [1.165, 1.54) is 104 Å². The molecule has 3 heteroatoms. The highest BCUT2D eigenvalue weighted by Crippen LogP contribution is 2.48. The van der Waals surface area contributed by atoms with Crippen LogP contribution in [-0.2, 0) is 0 Å². The minimum atomic E-state index is 1.16. The van der Waals surface area contributed by atoms with Crippen molar-refractivity contribution in [3.63, 3.8) is 0 Å². The minimum absolute atomic E-state index is 1.16. The van der Waals surface area contributed by atoms with Gasteiger partial charge in [-0.15, -0.1) is 0 Å². The molecule has 1 aliphatic rings. The summed E-state index contributed by atoms with van der Waals surface area (Å²) in [6, 6.07) is 60.3. The van der Waals surface area contributed by atoms with Gasteiger partial charge in [-0.2, -0.15) is 0 Å². The van der Waals surface area contributed by atoms with Gasteiger partial charge in [0.05, 0.1) is 22.1 Å². The molecule has 0 atom stereocenters. The lowest BCUT2D eigenvalue weighted by Gasteiger charge is -2.11. The molecule has 0 aliphatic heterocycles. The van der Waals surface area contributed by atoms with Gasteiger partial charge < -0.3 is 9.13 Å². The van der Waals surface area contributed by atoms with Gasteiger partial charge in [-0.1, -0.05) is 97.1 Å². The average Bonchev–Trinajstić information content (AvgIpc) is 3.83. The van der Waals surface area contributed by atoms with Gasteiger partial charge in [0.25, 0.3) is 0 Å². The summed E-state index contributed by atoms with van der Waals surface area (Å²) in [6.07, 6.45) is 3.99. The maximum Gasteiger partial charge on any atom is 0.0547 e. The van der Waals surface area contributed by atoms with E-state index in [1.807, 2.05) is 12.4 Å². The molecule has 0 N–H and O–H groups in total. The Hall–Kier alpha value is -6.97. The minimum Gasteiger partial charge on any atom is -0.309 e. The van der Waals surface area contributed by atoms with E-state index in [-0.39, 0.29) is 0 Å². The number of para-hydroxylation sites is 2. The number of aromatic nitrogens is 3. The first-order valence-corrected chi connectivity index (χ1v) is 17.9. The SMILES string of the molecule is c1ccc(-n2c3ccc(-c4ccc5c(c4)c4ccccc4n5-c4ccc5c(c4)-c4cccc6cncc-5c46)cc3c3cc4ccccc4cc32)cc1. The molecule has 12 rings (SSSR count). The fourth-order valence-electron chi connectivity index (χ4n) is 8.96. The second-order valence-corrected chi connectivity index (χ2v) is 14.0. The van der Waals surface area contributed by atoms with Gasteiger partial charge in [-0.3, -0.25) is 4.98 Å². The average molecular weight is 660 g/mol. The van der Waals surface area contributed by atoms with E-state index < -0.39 is 0 Å². The summed E-state index contributed by atoms with van der Waals surface area (Å²) >= 11 is 0. The Morgan fingerprint density at radius 1 is 0.327 bits per heavy atom. The van der Waals surface area contributed by atoms with Crippen molar-refractivity contribution in [2.75, 3.05) is 0 Å². The van der Waals surface area contributed by atoms with E-state index in [2.05, 4.69) is 178 Å². The van der Waals surface area contributed by atoms with Gasteiger partial charge in [0.15, 0.2) is 0 Å². The van der Waals surface area contributed by atoms with Crippen LogP contribution in [0.2, 0.25) is 0 Å². The van der Waals surface area contributed by atoms with Crippen molar-refractivity contribution in [3.05, 3.63) is 176 Å². The van der Waals surface area contributed by atoms with Crippen molar-refractivity contribution >= 4 is 65.2 Å². The summed E-state index contributed by atoms with van der Waals surface area (Å²) in [6.45, 7) is 0. The molecule has 0 unspecified atom stereocenters. The van der Waals surface area contributed by atoms with E-state index >= 15 is 0 Å². The van der Waals surface area contributed by atoms with Crippen LogP contribution in [0.15, 0.2) is 176 Å². The van der Waals surface area contributed by atoms with Crippen LogP contribution in [-0.4, -0.2) is 14.1 Å². The van der Waals surface area contributed by atoms with Crippen molar-refractivity contribution in [1.82, 2.24) is 14.1 Å². The lowest BCUT2D eigenvalue weighted by Crippen LogP contribution is -1.94. The Bertz CT molecular complexity index is 3280. The molecule has 8 aromatic carbocycles. The zero-order chi connectivity index (χ0) is 33.9. The predicted octanol–water partition coefficient (Wildman–Crippen LogP) is 12.9. The Morgan fingerprint density at radius 2 is 0.981 bits per heavy atom. The Morgan fingerprint density at radius 3 is 1.81 bits per heavy atom. The summed E-state index contributed by atoms with van der Waals surface area (Å²) in [7, 11) is 0. The van der Waals surface area contributed by atoms with E-state index in [4.69, 9.17) is 0 Å². The molecule has 0 fully saturated rings. The van der Waals surface area contributed by atoms with E-state index in [0.29, 0.717) is 0 Å². The Kier molecular flexibility index (Phi) is 5.50. The third-order valence-corrected chi connectivity index (χ3v) is 11.3. The topological polar surface area (TPSA) is 22.8 Å². The highest BCUT2D eigenvalue weighted by Gasteiger charge is 2.23. The first-order valence-electron chi connectivity index (χ1n) is 17.9. The zero-order valence-electron chi connectivity index (χ0n) is 28.1. The maximum absolute atomic E-state index is 4.56. The number of nitrogens with zero attached hydrogens (tertiary/aromatic N) is 3. The summed E-state index contributed by atoms with van der Waals surface area (Å²) in [4.78, 5) is 4.56. The molecule has 0 radical (unpaired) electrons. The van der Waals surface area contributed by atoms with Crippen LogP contribution in [0.3, 0.4) is 0 Å². The summed E-state index contributed by atoms with van der Waals surface area (Å²) in [5.41, 5.74) is 14.6. The van der Waals surface area contributed by atoms with Crippen LogP contribution in [0.4, 0.5) is 0 Å². The molecule has 3 heterocycles. The lowest BCUT2D eigenvalue weighted by atomic mass is 10.00. The molecule has 52 heavy (non-hydrogen) atoms. The number of rotatable bonds is 3. The molecular weight excluding hydrogens is 631 g/mol. The molecule has 0 amide bonds. The molecule has 0 bridgehead atoms. The smallest absolute Gasteiger partial charge is 0.0547 e. The summed E-state index contributed by atoms with van der Waals surface area (Å²) < 4.78 is 4.83. The number of pyridine rings is 1. The molecule has 0 spiro atoms. The van der Waals surface area contributed by atoms with Crippen LogP contribution in [0.25, 0.3) is 110 Å². The number of hydrogen-bond donors (Lipinski definition) is 0. The molecule has 3 nitrogen and oxygen atoms in total. The van der Waals surface area contributed by atoms with Crippen molar-refractivity contribution in [3.8, 4) is 44.8 Å². The molecule has 0 saturated heterocycles. The molecule has 3 aromatic heterocycles. The fourth-order valence-corrected chi connectivity index (χ4v) is 8.96. The van der Waals surface area contributed by atoms with Crippen molar-refractivity contribution in [1.29, 1.82) is 0 Å². The van der Waals surface area contributed by atoms with Crippen LogP contribution in [0.1, 0.15) is 0 Å². The molecule has 11 aromatic rings. The molecule has 1 aliphatic carbocycles. The van der Waals surface area contributed by atoms with Crippen LogP contribution < -0.4 is 0 Å². The molecule has 240 valence electrons. The molecule has 0 saturated carbocycles. The zero-order valence-corrected chi connectivity index (χ0v) is 28.1. The van der Waals surface area contributed by atoms with Crippen molar-refractivity contribution in [2.45, 2.75) is 0 Å². The maximum atomic E-state index is 4.56. The van der Waals surface area contributed by atoms with E-state index in [1.54, 1.807) is 0 Å². The standard InChI is InChI=1S/C49H29N3/c1-2-12-35(13-3-1)51-47-22-18-33(25-42(47)43-23-30-9-4-5-10-31(30)26-48(43)51)32-17-21-46-41(24-32)38-14-6-7-16-45(38)52(46)36-19-20-37-40(27-36)39-15-8-11-34-28-50-29-44(37)49(34)39/h1-29H. The third-order valence-electron chi connectivity index (χ3n) is 11.3. The second kappa shape index (κ2) is 10.3. The highest BCUT2D eigenvalue weighted by atomic mass is 15.0. The van der Waals surface area contributed by atoms with Crippen molar-refractivity contribution in [2.24, 2.45) is 0 Å². The van der Waals surface area contributed by atoms with Crippen LogP contribution >= 0.6 is 0 Å². The summed E-state index contributed by atoms with van der Waals surface area (Å²) in [5, 5.41) is 10.0. The highest BCUT2D eigenvalue weighted by molar-refractivity contribution is 6.17. The quantitative estimate of drug-likeness (QED) is 0.185. The number of benzene rings is 8. The molecular formula is C49H29N3. The largest absolute Gasteiger partial charge is 0.309 e. The van der Waals surface area contributed by atoms with Crippen LogP contribution in [0, 0.1) is 0 Å². The normalized spacial score (nSPS) is 12.2.